The second-order valence-electron chi connectivity index (χ2n) is 10.1. The second kappa shape index (κ2) is 12.9. The molecular formula is C34H26N4O2S4. The van der Waals surface area contributed by atoms with Crippen molar-refractivity contribution in [3.8, 4) is 10.6 Å². The molecule has 44 heavy (non-hydrogen) atoms. The predicted molar refractivity (Wildman–Crippen MR) is 185 cm³/mol. The first-order valence-corrected chi connectivity index (χ1v) is 17.5. The van der Waals surface area contributed by atoms with Crippen LogP contribution in [0.5, 0.6) is 0 Å². The molecule has 7 rings (SSSR count). The Morgan fingerprint density at radius 2 is 1.70 bits per heavy atom. The van der Waals surface area contributed by atoms with Crippen LogP contribution in [-0.2, 0) is 4.79 Å². The van der Waals surface area contributed by atoms with Gasteiger partial charge >= 0.3 is 6.03 Å². The molecule has 3 unspecified atom stereocenters. The monoisotopic (exact) mass is 650 g/mol. The molecule has 3 aromatic carbocycles. The molecule has 1 aliphatic heterocycles. The molecule has 3 amide bonds. The lowest BCUT2D eigenvalue weighted by Gasteiger charge is -2.40. The number of nitrogens with zero attached hydrogens (tertiary/aromatic N) is 2. The Hall–Kier alpha value is -4.09. The number of hydrogen-bond acceptors (Lipinski definition) is 7. The average Bonchev–Trinajstić information content (AvgIpc) is 3.76. The van der Waals surface area contributed by atoms with Gasteiger partial charge in [0.2, 0.25) is 5.91 Å². The first-order chi connectivity index (χ1) is 21.6. The van der Waals surface area contributed by atoms with Crippen LogP contribution in [0.4, 0.5) is 21.3 Å². The van der Waals surface area contributed by atoms with E-state index in [0.717, 1.165) is 31.6 Å². The zero-order chi connectivity index (χ0) is 29.9. The summed E-state index contributed by atoms with van der Waals surface area (Å²) in [4.78, 5) is 37.0. The van der Waals surface area contributed by atoms with Crippen LogP contribution in [-0.4, -0.2) is 28.2 Å². The first kappa shape index (κ1) is 28.7. The number of nitrogens with one attached hydrogen (secondary N) is 2. The van der Waals surface area contributed by atoms with Gasteiger partial charge in [0.25, 0.3) is 0 Å². The van der Waals surface area contributed by atoms with Crippen molar-refractivity contribution >= 4 is 74.6 Å². The SMILES string of the molecule is O=C(Nc1nc(-c2cccs2)cs1)C(Sc1cccc(NC(=O)N2c3ccccc3SC3C=CC=CC32)c1)c1ccccc1. The first-order valence-electron chi connectivity index (χ1n) is 14.0. The number of aromatic nitrogens is 1. The van der Waals surface area contributed by atoms with E-state index in [4.69, 9.17) is 0 Å². The number of rotatable bonds is 7. The third kappa shape index (κ3) is 6.11. The van der Waals surface area contributed by atoms with Crippen LogP contribution in [0.15, 0.2) is 136 Å². The van der Waals surface area contributed by atoms with E-state index in [1.165, 1.54) is 23.1 Å². The van der Waals surface area contributed by atoms with Gasteiger partial charge in [-0.1, -0.05) is 78.9 Å². The largest absolute Gasteiger partial charge is 0.326 e. The highest BCUT2D eigenvalue weighted by molar-refractivity contribution is 8.00. The molecule has 5 aromatic rings. The van der Waals surface area contributed by atoms with E-state index in [0.29, 0.717) is 10.8 Å². The van der Waals surface area contributed by atoms with Gasteiger partial charge in [0.15, 0.2) is 5.13 Å². The Balaban J connectivity index is 1.11. The van der Waals surface area contributed by atoms with Crippen LogP contribution in [0.1, 0.15) is 10.8 Å². The smallest absolute Gasteiger partial charge is 0.307 e. The zero-order valence-electron chi connectivity index (χ0n) is 23.2. The van der Waals surface area contributed by atoms with E-state index in [9.17, 15) is 9.59 Å². The number of amides is 3. The molecule has 0 radical (unpaired) electrons. The summed E-state index contributed by atoms with van der Waals surface area (Å²) in [6.45, 7) is 0. The Morgan fingerprint density at radius 3 is 2.57 bits per heavy atom. The van der Waals surface area contributed by atoms with Gasteiger partial charge in [-0.05, 0) is 47.3 Å². The number of thiophene rings is 1. The molecule has 1 aliphatic carbocycles. The number of para-hydroxylation sites is 1. The number of fused-ring (bicyclic) bond motifs is 2. The summed E-state index contributed by atoms with van der Waals surface area (Å²) in [5.74, 6) is -0.159. The summed E-state index contributed by atoms with van der Waals surface area (Å²) < 4.78 is 0. The molecule has 0 saturated heterocycles. The number of allylic oxidation sites excluding steroid dienone is 2. The summed E-state index contributed by atoms with van der Waals surface area (Å²) in [5.41, 5.74) is 3.29. The number of urea groups is 1. The van der Waals surface area contributed by atoms with Crippen molar-refractivity contribution in [3.63, 3.8) is 0 Å². The number of benzene rings is 3. The molecule has 0 spiro atoms. The van der Waals surface area contributed by atoms with Gasteiger partial charge in [-0.25, -0.2) is 9.78 Å². The zero-order valence-corrected chi connectivity index (χ0v) is 26.5. The van der Waals surface area contributed by atoms with Gasteiger partial charge in [-0.2, -0.15) is 0 Å². The van der Waals surface area contributed by atoms with Crippen LogP contribution < -0.4 is 15.5 Å². The minimum atomic E-state index is -0.526. The predicted octanol–water partition coefficient (Wildman–Crippen LogP) is 9.35. The molecular weight excluding hydrogens is 625 g/mol. The van der Waals surface area contributed by atoms with E-state index in [1.807, 2.05) is 113 Å². The Bertz CT molecular complexity index is 1850. The number of anilines is 3. The fourth-order valence-corrected chi connectivity index (χ4v) is 8.95. The fourth-order valence-electron chi connectivity index (χ4n) is 5.13. The van der Waals surface area contributed by atoms with E-state index < -0.39 is 5.25 Å². The van der Waals surface area contributed by atoms with Crippen molar-refractivity contribution in [1.82, 2.24) is 4.98 Å². The molecule has 2 aliphatic rings. The molecule has 3 atom stereocenters. The minimum absolute atomic E-state index is 0.0881. The second-order valence-corrected chi connectivity index (χ2v) is 14.3. The van der Waals surface area contributed by atoms with Crippen molar-refractivity contribution in [2.45, 2.75) is 26.3 Å². The lowest BCUT2D eigenvalue weighted by Crippen LogP contribution is -2.49. The number of thiazole rings is 1. The third-order valence-electron chi connectivity index (χ3n) is 7.15. The topological polar surface area (TPSA) is 74.3 Å². The highest BCUT2D eigenvalue weighted by Gasteiger charge is 2.36. The van der Waals surface area contributed by atoms with Crippen LogP contribution in [0.25, 0.3) is 10.6 Å². The van der Waals surface area contributed by atoms with Crippen molar-refractivity contribution in [1.29, 1.82) is 0 Å². The molecule has 2 aromatic heterocycles. The molecule has 6 nitrogen and oxygen atoms in total. The van der Waals surface area contributed by atoms with Crippen molar-refractivity contribution in [3.05, 3.63) is 132 Å². The lowest BCUT2D eigenvalue weighted by atomic mass is 10.1. The molecule has 10 heteroatoms. The Labute approximate surface area is 271 Å². The standard InChI is InChI=1S/C34H26N4O2S4/c39-32(37-33-36-25(21-42-33)28-18-9-19-41-28)31(22-10-2-1-3-11-22)43-24-13-8-12-23(20-24)35-34(40)38-26-14-4-6-16-29(26)44-30-17-7-5-15-27(30)38/h1-21,26,29,31H,(H,35,40)(H,36,37,39). The molecule has 0 fully saturated rings. The molecule has 3 heterocycles. The van der Waals surface area contributed by atoms with Crippen LogP contribution in [0.2, 0.25) is 0 Å². The van der Waals surface area contributed by atoms with Crippen LogP contribution >= 0.6 is 46.2 Å². The maximum atomic E-state index is 13.8. The van der Waals surface area contributed by atoms with E-state index in [2.05, 4.69) is 33.8 Å². The molecule has 0 saturated carbocycles. The normalized spacial score (nSPS) is 17.4. The Morgan fingerprint density at radius 1 is 0.864 bits per heavy atom. The van der Waals surface area contributed by atoms with Crippen molar-refractivity contribution < 1.29 is 9.59 Å². The summed E-state index contributed by atoms with van der Waals surface area (Å²) in [7, 11) is 0. The molecule has 0 bridgehead atoms. The van der Waals surface area contributed by atoms with Gasteiger partial charge in [-0.3, -0.25) is 9.69 Å². The quantitative estimate of drug-likeness (QED) is 0.172. The summed E-state index contributed by atoms with van der Waals surface area (Å²) in [6.07, 6.45) is 8.26. The van der Waals surface area contributed by atoms with Gasteiger partial charge in [0.05, 0.1) is 27.6 Å². The summed E-state index contributed by atoms with van der Waals surface area (Å²) in [5, 5.41) is 10.3. The summed E-state index contributed by atoms with van der Waals surface area (Å²) in [6, 6.07) is 29.1. The third-order valence-corrected chi connectivity index (χ3v) is 11.4. The number of thioether (sulfide) groups is 2. The van der Waals surface area contributed by atoms with Gasteiger partial charge < -0.3 is 10.6 Å². The minimum Gasteiger partial charge on any atom is -0.307 e. The van der Waals surface area contributed by atoms with Crippen molar-refractivity contribution in [2.24, 2.45) is 0 Å². The maximum absolute atomic E-state index is 13.8. The summed E-state index contributed by atoms with van der Waals surface area (Å²) >= 11 is 6.24. The molecule has 2 N–H and O–H groups in total. The van der Waals surface area contributed by atoms with Gasteiger partial charge in [0, 0.05) is 20.9 Å². The number of carbonyl (C=O) groups excluding carboxylic acids is 2. The maximum Gasteiger partial charge on any atom is 0.326 e. The number of carbonyl (C=O) groups is 2. The highest BCUT2D eigenvalue weighted by Crippen LogP contribution is 2.44. The lowest BCUT2D eigenvalue weighted by molar-refractivity contribution is -0.115. The molecule has 218 valence electrons. The number of hydrogen-bond donors (Lipinski definition) is 2. The van der Waals surface area contributed by atoms with Gasteiger partial charge in [-0.15, -0.1) is 46.2 Å². The fraction of sp³-hybridized carbons (Fsp3) is 0.0882. The van der Waals surface area contributed by atoms with E-state index in [1.54, 1.807) is 23.1 Å². The van der Waals surface area contributed by atoms with E-state index in [-0.39, 0.29) is 23.2 Å². The highest BCUT2D eigenvalue weighted by atomic mass is 32.2. The van der Waals surface area contributed by atoms with E-state index >= 15 is 0 Å². The average molecular weight is 651 g/mol. The van der Waals surface area contributed by atoms with Crippen molar-refractivity contribution in [2.75, 3.05) is 15.5 Å². The van der Waals surface area contributed by atoms with Crippen LogP contribution in [0, 0.1) is 0 Å². The van der Waals surface area contributed by atoms with Crippen LogP contribution in [0.3, 0.4) is 0 Å². The Kier molecular flexibility index (Phi) is 8.39. The van der Waals surface area contributed by atoms with Gasteiger partial charge in [0.1, 0.15) is 5.25 Å².